The number of primary amides is 1. The Morgan fingerprint density at radius 3 is 2.63 bits per heavy atom. The second kappa shape index (κ2) is 9.87. The maximum absolute atomic E-state index is 12.8. The van der Waals surface area contributed by atoms with Crippen LogP contribution in [0.3, 0.4) is 0 Å². The van der Waals surface area contributed by atoms with Gasteiger partial charge in [-0.15, -0.1) is 0 Å². The van der Waals surface area contributed by atoms with Crippen LogP contribution in [-0.4, -0.2) is 42.2 Å². The highest BCUT2D eigenvalue weighted by molar-refractivity contribution is 5.91. The molecule has 27 heavy (non-hydrogen) atoms. The number of rotatable bonds is 11. The number of aromatic nitrogens is 1. The van der Waals surface area contributed by atoms with Gasteiger partial charge in [-0.2, -0.15) is 0 Å². The van der Waals surface area contributed by atoms with E-state index < -0.39 is 6.03 Å². The third kappa shape index (κ3) is 5.92. The van der Waals surface area contributed by atoms with Crippen LogP contribution in [0.2, 0.25) is 0 Å². The molecular formula is C20H28N4O3. The number of carbonyl (C=O) groups excluding carboxylic acids is 3. The molecule has 7 nitrogen and oxygen atoms in total. The van der Waals surface area contributed by atoms with Gasteiger partial charge in [-0.05, 0) is 44.9 Å². The monoisotopic (exact) mass is 372 g/mol. The summed E-state index contributed by atoms with van der Waals surface area (Å²) >= 11 is 0. The summed E-state index contributed by atoms with van der Waals surface area (Å²) in [4.78, 5) is 38.6. The van der Waals surface area contributed by atoms with Crippen molar-refractivity contribution in [2.45, 2.75) is 38.6 Å². The second-order valence-corrected chi connectivity index (χ2v) is 6.82. The number of fused-ring (bicyclic) bond motifs is 1. The molecule has 146 valence electrons. The van der Waals surface area contributed by atoms with E-state index in [1.165, 1.54) is 6.92 Å². The summed E-state index contributed by atoms with van der Waals surface area (Å²) in [6.07, 6.45) is 3.84. The first-order valence-electron chi connectivity index (χ1n) is 9.21. The Bertz CT molecular complexity index is 799. The first-order valence-corrected chi connectivity index (χ1v) is 9.21. The van der Waals surface area contributed by atoms with Crippen LogP contribution in [0.5, 0.6) is 0 Å². The van der Waals surface area contributed by atoms with Crippen LogP contribution < -0.4 is 16.4 Å². The van der Waals surface area contributed by atoms with Gasteiger partial charge < -0.3 is 21.4 Å². The number of urea groups is 1. The van der Waals surface area contributed by atoms with Gasteiger partial charge >= 0.3 is 6.03 Å². The molecule has 1 aromatic heterocycles. The average Bonchev–Trinajstić information content (AvgIpc) is 3.04. The third-order valence-electron chi connectivity index (χ3n) is 4.89. The lowest BCUT2D eigenvalue weighted by molar-refractivity contribution is -0.128. The molecule has 1 aromatic carbocycles. The maximum atomic E-state index is 12.8. The molecule has 7 heteroatoms. The number of Topliss-reactive ketones (excluding diaryl/α,β-unsaturated/α-hetero) is 2. The number of likely N-dealkylation sites (N-methyl/N-ethyl adjacent to an activating group) is 1. The summed E-state index contributed by atoms with van der Waals surface area (Å²) < 4.78 is 0. The zero-order valence-corrected chi connectivity index (χ0v) is 15.9. The molecule has 2 aromatic rings. The summed E-state index contributed by atoms with van der Waals surface area (Å²) in [5, 5.41) is 6.69. The Balaban J connectivity index is 1.97. The number of para-hydroxylation sites is 1. The van der Waals surface area contributed by atoms with Gasteiger partial charge in [0.2, 0.25) is 0 Å². The van der Waals surface area contributed by atoms with Crippen molar-refractivity contribution in [1.82, 2.24) is 15.6 Å². The van der Waals surface area contributed by atoms with Gasteiger partial charge in [0.1, 0.15) is 5.78 Å². The van der Waals surface area contributed by atoms with Crippen LogP contribution in [0.15, 0.2) is 30.5 Å². The van der Waals surface area contributed by atoms with Gasteiger partial charge in [-0.3, -0.25) is 9.59 Å². The largest absolute Gasteiger partial charge is 0.361 e. The van der Waals surface area contributed by atoms with E-state index in [-0.39, 0.29) is 29.9 Å². The van der Waals surface area contributed by atoms with Crippen LogP contribution in [0.1, 0.15) is 31.7 Å². The minimum atomic E-state index is -0.584. The topological polar surface area (TPSA) is 117 Å². The van der Waals surface area contributed by atoms with E-state index in [1.807, 2.05) is 30.5 Å². The second-order valence-electron chi connectivity index (χ2n) is 6.82. The lowest BCUT2D eigenvalue weighted by Crippen LogP contribution is -2.38. The molecule has 0 saturated carbocycles. The highest BCUT2D eigenvalue weighted by Gasteiger charge is 2.24. The predicted molar refractivity (Wildman–Crippen MR) is 105 cm³/mol. The van der Waals surface area contributed by atoms with Gasteiger partial charge in [-0.1, -0.05) is 18.2 Å². The van der Waals surface area contributed by atoms with Crippen molar-refractivity contribution in [1.29, 1.82) is 0 Å². The number of benzene rings is 1. The number of nitrogens with one attached hydrogen (secondary N) is 3. The van der Waals surface area contributed by atoms with E-state index in [4.69, 9.17) is 5.73 Å². The minimum Gasteiger partial charge on any atom is -0.361 e. The van der Waals surface area contributed by atoms with E-state index in [2.05, 4.69) is 15.6 Å². The molecule has 2 amide bonds. The summed E-state index contributed by atoms with van der Waals surface area (Å²) in [5.74, 6) is -0.332. The molecule has 2 rings (SSSR count). The summed E-state index contributed by atoms with van der Waals surface area (Å²) in [6.45, 7) is 1.91. The van der Waals surface area contributed by atoms with Crippen LogP contribution in [0.4, 0.5) is 4.79 Å². The Morgan fingerprint density at radius 2 is 1.96 bits per heavy atom. The first-order chi connectivity index (χ1) is 12.9. The fourth-order valence-corrected chi connectivity index (χ4v) is 3.29. The Labute approximate surface area is 159 Å². The zero-order valence-electron chi connectivity index (χ0n) is 15.9. The summed E-state index contributed by atoms with van der Waals surface area (Å²) in [6, 6.07) is 7.04. The van der Waals surface area contributed by atoms with Crippen LogP contribution in [0.25, 0.3) is 10.9 Å². The molecule has 5 N–H and O–H groups in total. The third-order valence-corrected chi connectivity index (χ3v) is 4.89. The Morgan fingerprint density at radius 1 is 1.22 bits per heavy atom. The van der Waals surface area contributed by atoms with Gasteiger partial charge in [-0.25, -0.2) is 4.79 Å². The standard InChI is InChI=1S/C20H28N4O3/c1-13(25)14(6-5-9-23-20(21)27)11-19(26)18(22-2)10-15-12-24-17-8-4-3-7-16(15)17/h3-4,7-8,12,14,18,22,24H,5-6,9-11H2,1-2H3,(H3,21,23,27)/t14-,18-/m1/s1. The highest BCUT2D eigenvalue weighted by Crippen LogP contribution is 2.21. The molecule has 0 aliphatic rings. The highest BCUT2D eigenvalue weighted by atomic mass is 16.2. The number of H-pyrrole nitrogens is 1. The van der Waals surface area contributed by atoms with Crippen LogP contribution in [0, 0.1) is 5.92 Å². The summed E-state index contributed by atoms with van der Waals surface area (Å²) in [5.41, 5.74) is 7.14. The van der Waals surface area contributed by atoms with Gasteiger partial charge in [0.15, 0.2) is 5.78 Å². The van der Waals surface area contributed by atoms with Crippen molar-refractivity contribution in [3.05, 3.63) is 36.0 Å². The first kappa shape index (κ1) is 20.6. The van der Waals surface area contributed by atoms with E-state index in [9.17, 15) is 14.4 Å². The van der Waals surface area contributed by atoms with Crippen LogP contribution in [-0.2, 0) is 16.0 Å². The maximum Gasteiger partial charge on any atom is 0.312 e. The number of hydrogen-bond acceptors (Lipinski definition) is 4. The van der Waals surface area contributed by atoms with Crippen molar-refractivity contribution in [3.63, 3.8) is 0 Å². The molecular weight excluding hydrogens is 344 g/mol. The Hall–Kier alpha value is -2.67. The zero-order chi connectivity index (χ0) is 19.8. The van der Waals surface area contributed by atoms with Crippen LogP contribution >= 0.6 is 0 Å². The normalized spacial score (nSPS) is 13.3. The van der Waals surface area contributed by atoms with E-state index in [1.54, 1.807) is 7.05 Å². The smallest absolute Gasteiger partial charge is 0.312 e. The van der Waals surface area contributed by atoms with Crippen molar-refractivity contribution < 1.29 is 14.4 Å². The van der Waals surface area contributed by atoms with Crippen molar-refractivity contribution in [2.24, 2.45) is 11.7 Å². The number of carbonyl (C=O) groups is 3. The summed E-state index contributed by atoms with van der Waals surface area (Å²) in [7, 11) is 1.76. The molecule has 0 radical (unpaired) electrons. The van der Waals surface area contributed by atoms with E-state index in [0.717, 1.165) is 16.5 Å². The molecule has 0 bridgehead atoms. The molecule has 1 heterocycles. The van der Waals surface area contributed by atoms with Crippen molar-refractivity contribution >= 4 is 28.5 Å². The quantitative estimate of drug-likeness (QED) is 0.451. The molecule has 0 saturated heterocycles. The SMILES string of the molecule is CN[C@H](Cc1c[nH]c2ccccc12)C(=O)C[C@@H](CCCNC(N)=O)C(C)=O. The number of aromatic amines is 1. The lowest BCUT2D eigenvalue weighted by Gasteiger charge is -2.19. The van der Waals surface area contributed by atoms with Gasteiger partial charge in [0.25, 0.3) is 0 Å². The molecule has 0 spiro atoms. The fraction of sp³-hybridized carbons (Fsp3) is 0.450. The molecule has 0 aliphatic carbocycles. The number of hydrogen-bond donors (Lipinski definition) is 4. The van der Waals surface area contributed by atoms with Crippen molar-refractivity contribution in [3.8, 4) is 0 Å². The average molecular weight is 372 g/mol. The molecule has 2 atom stereocenters. The van der Waals surface area contributed by atoms with E-state index >= 15 is 0 Å². The van der Waals surface area contributed by atoms with Gasteiger partial charge in [0, 0.05) is 36.0 Å². The number of amides is 2. The molecule has 0 fully saturated rings. The number of nitrogens with two attached hydrogens (primary N) is 1. The number of ketones is 2. The van der Waals surface area contributed by atoms with Crippen molar-refractivity contribution in [2.75, 3.05) is 13.6 Å². The molecule has 0 aliphatic heterocycles. The predicted octanol–water partition coefficient (Wildman–Crippen LogP) is 1.91. The molecule has 0 unspecified atom stereocenters. The fourth-order valence-electron chi connectivity index (χ4n) is 3.29. The minimum absolute atomic E-state index is 0.00984. The van der Waals surface area contributed by atoms with E-state index in [0.29, 0.717) is 25.8 Å². The Kier molecular flexibility index (Phi) is 7.55. The van der Waals surface area contributed by atoms with Gasteiger partial charge in [0.05, 0.1) is 6.04 Å². The lowest BCUT2D eigenvalue weighted by atomic mass is 9.89.